The van der Waals surface area contributed by atoms with Crippen molar-refractivity contribution in [2.45, 2.75) is 6.54 Å². The highest BCUT2D eigenvalue weighted by molar-refractivity contribution is 9.10. The van der Waals surface area contributed by atoms with Crippen LogP contribution >= 0.6 is 27.5 Å². The molecule has 82 valence electrons. The zero-order chi connectivity index (χ0) is 11.4. The van der Waals surface area contributed by atoms with Crippen molar-refractivity contribution >= 4 is 33.2 Å². The van der Waals surface area contributed by atoms with Crippen LogP contribution in [0.25, 0.3) is 0 Å². The molecule has 1 N–H and O–H groups in total. The second-order valence-electron chi connectivity index (χ2n) is 3.49. The molecule has 0 bridgehead atoms. The Morgan fingerprint density at radius 3 is 2.50 bits per heavy atom. The fraction of sp³-hybridized carbons (Fsp3) is 0.0769. The summed E-state index contributed by atoms with van der Waals surface area (Å²) in [5.74, 6) is 0. The Morgan fingerprint density at radius 1 is 1.06 bits per heavy atom. The quantitative estimate of drug-likeness (QED) is 0.864. The SMILES string of the molecule is Clc1ccc(NCc2cccc(Br)c2)cc1. The molecule has 0 unspecified atom stereocenters. The summed E-state index contributed by atoms with van der Waals surface area (Å²) in [6.45, 7) is 0.807. The standard InChI is InChI=1S/C13H11BrClN/c14-11-3-1-2-10(8-11)9-16-13-6-4-12(15)5-7-13/h1-8,16H,9H2. The van der Waals surface area contributed by atoms with Crippen LogP contribution in [-0.4, -0.2) is 0 Å². The molecule has 3 heteroatoms. The molecule has 0 saturated carbocycles. The van der Waals surface area contributed by atoms with Gasteiger partial charge < -0.3 is 5.32 Å². The van der Waals surface area contributed by atoms with Gasteiger partial charge in [-0.1, -0.05) is 39.7 Å². The van der Waals surface area contributed by atoms with E-state index < -0.39 is 0 Å². The fourth-order valence-electron chi connectivity index (χ4n) is 1.42. The lowest BCUT2D eigenvalue weighted by Gasteiger charge is -2.06. The second kappa shape index (κ2) is 5.37. The molecule has 0 radical (unpaired) electrons. The summed E-state index contributed by atoms with van der Waals surface area (Å²) in [5, 5.41) is 4.09. The van der Waals surface area contributed by atoms with Crippen LogP contribution in [0, 0.1) is 0 Å². The highest BCUT2D eigenvalue weighted by Crippen LogP contribution is 2.16. The Hall–Kier alpha value is -0.990. The van der Waals surface area contributed by atoms with E-state index in [1.54, 1.807) is 0 Å². The lowest BCUT2D eigenvalue weighted by molar-refractivity contribution is 1.15. The minimum Gasteiger partial charge on any atom is -0.381 e. The first kappa shape index (κ1) is 11.5. The van der Waals surface area contributed by atoms with Crippen molar-refractivity contribution < 1.29 is 0 Å². The minimum atomic E-state index is 0.757. The van der Waals surface area contributed by atoms with Gasteiger partial charge in [0.1, 0.15) is 0 Å². The maximum Gasteiger partial charge on any atom is 0.0407 e. The average Bonchev–Trinajstić information content (AvgIpc) is 2.28. The molecule has 0 amide bonds. The predicted molar refractivity (Wildman–Crippen MR) is 72.9 cm³/mol. The van der Waals surface area contributed by atoms with Gasteiger partial charge in [0.2, 0.25) is 0 Å². The zero-order valence-corrected chi connectivity index (χ0v) is 10.9. The molecule has 16 heavy (non-hydrogen) atoms. The summed E-state index contributed by atoms with van der Waals surface area (Å²) in [5.41, 5.74) is 2.31. The van der Waals surface area contributed by atoms with Gasteiger partial charge in [0, 0.05) is 21.7 Å². The van der Waals surface area contributed by atoms with Crippen molar-refractivity contribution in [3.05, 3.63) is 63.6 Å². The van der Waals surface area contributed by atoms with E-state index >= 15 is 0 Å². The largest absolute Gasteiger partial charge is 0.381 e. The maximum atomic E-state index is 5.82. The first-order valence-electron chi connectivity index (χ1n) is 4.98. The summed E-state index contributed by atoms with van der Waals surface area (Å²) in [7, 11) is 0. The number of halogens is 2. The molecule has 2 rings (SSSR count). The van der Waals surface area contributed by atoms with Gasteiger partial charge in [-0.05, 0) is 42.0 Å². The number of hydrogen-bond donors (Lipinski definition) is 1. The van der Waals surface area contributed by atoms with E-state index in [0.29, 0.717) is 0 Å². The van der Waals surface area contributed by atoms with E-state index in [-0.39, 0.29) is 0 Å². The smallest absolute Gasteiger partial charge is 0.0407 e. The maximum absolute atomic E-state index is 5.82. The van der Waals surface area contributed by atoms with Gasteiger partial charge >= 0.3 is 0 Å². The van der Waals surface area contributed by atoms with Crippen molar-refractivity contribution in [3.8, 4) is 0 Å². The molecule has 1 nitrogen and oxygen atoms in total. The average molecular weight is 297 g/mol. The van der Waals surface area contributed by atoms with Crippen LogP contribution in [0.1, 0.15) is 5.56 Å². The molecule has 2 aromatic carbocycles. The van der Waals surface area contributed by atoms with Crippen LogP contribution in [-0.2, 0) is 6.54 Å². The summed E-state index contributed by atoms with van der Waals surface area (Å²) in [6.07, 6.45) is 0. The molecule has 2 aromatic rings. The van der Waals surface area contributed by atoms with Crippen LogP contribution < -0.4 is 5.32 Å². The molecule has 0 spiro atoms. The molecule has 0 aliphatic carbocycles. The van der Waals surface area contributed by atoms with Crippen LogP contribution in [0.15, 0.2) is 53.0 Å². The van der Waals surface area contributed by atoms with E-state index in [1.807, 2.05) is 36.4 Å². The van der Waals surface area contributed by atoms with Crippen LogP contribution in [0.3, 0.4) is 0 Å². The van der Waals surface area contributed by atoms with Crippen LogP contribution in [0.4, 0.5) is 5.69 Å². The van der Waals surface area contributed by atoms with Gasteiger partial charge in [0.05, 0.1) is 0 Å². The highest BCUT2D eigenvalue weighted by Gasteiger charge is 1.95. The molecule has 0 saturated heterocycles. The van der Waals surface area contributed by atoms with Crippen molar-refractivity contribution in [2.75, 3.05) is 5.32 Å². The number of anilines is 1. The molecule has 0 aliphatic rings. The molecule has 0 aromatic heterocycles. The molecule has 0 aliphatic heterocycles. The number of rotatable bonds is 3. The Bertz CT molecular complexity index is 468. The monoisotopic (exact) mass is 295 g/mol. The fourth-order valence-corrected chi connectivity index (χ4v) is 1.99. The normalized spacial score (nSPS) is 10.1. The van der Waals surface area contributed by atoms with Crippen molar-refractivity contribution in [2.24, 2.45) is 0 Å². The third-order valence-corrected chi connectivity index (χ3v) is 2.98. The summed E-state index contributed by atoms with van der Waals surface area (Å²) >= 11 is 9.27. The van der Waals surface area contributed by atoms with Crippen molar-refractivity contribution in [1.82, 2.24) is 0 Å². The molecular formula is C13H11BrClN. The van der Waals surface area contributed by atoms with Gasteiger partial charge in [0.15, 0.2) is 0 Å². The van der Waals surface area contributed by atoms with E-state index in [4.69, 9.17) is 11.6 Å². The Labute approximate surface area is 109 Å². The Balaban J connectivity index is 1.99. The zero-order valence-electron chi connectivity index (χ0n) is 8.58. The van der Waals surface area contributed by atoms with Crippen LogP contribution in [0.2, 0.25) is 5.02 Å². The number of benzene rings is 2. The summed E-state index contributed by atoms with van der Waals surface area (Å²) in [4.78, 5) is 0. The predicted octanol–water partition coefficient (Wildman–Crippen LogP) is 4.71. The summed E-state index contributed by atoms with van der Waals surface area (Å²) < 4.78 is 1.10. The Morgan fingerprint density at radius 2 is 1.81 bits per heavy atom. The first-order chi connectivity index (χ1) is 7.74. The minimum absolute atomic E-state index is 0.757. The first-order valence-corrected chi connectivity index (χ1v) is 6.15. The third kappa shape index (κ3) is 3.26. The van der Waals surface area contributed by atoms with Crippen LogP contribution in [0.5, 0.6) is 0 Å². The molecule has 0 atom stereocenters. The van der Waals surface area contributed by atoms with Gasteiger partial charge in [-0.15, -0.1) is 0 Å². The van der Waals surface area contributed by atoms with Gasteiger partial charge in [-0.2, -0.15) is 0 Å². The van der Waals surface area contributed by atoms with Gasteiger partial charge in [-0.25, -0.2) is 0 Å². The van der Waals surface area contributed by atoms with Gasteiger partial charge in [0.25, 0.3) is 0 Å². The van der Waals surface area contributed by atoms with Crippen molar-refractivity contribution in [1.29, 1.82) is 0 Å². The lowest BCUT2D eigenvalue weighted by atomic mass is 10.2. The Kier molecular flexibility index (Phi) is 3.86. The number of nitrogens with one attached hydrogen (secondary N) is 1. The molecule has 0 heterocycles. The van der Waals surface area contributed by atoms with E-state index in [9.17, 15) is 0 Å². The lowest BCUT2D eigenvalue weighted by Crippen LogP contribution is -1.98. The van der Waals surface area contributed by atoms with Crippen molar-refractivity contribution in [3.63, 3.8) is 0 Å². The second-order valence-corrected chi connectivity index (χ2v) is 4.84. The topological polar surface area (TPSA) is 12.0 Å². The van der Waals surface area contributed by atoms with E-state index in [2.05, 4.69) is 33.4 Å². The highest BCUT2D eigenvalue weighted by atomic mass is 79.9. The number of hydrogen-bond acceptors (Lipinski definition) is 1. The third-order valence-electron chi connectivity index (χ3n) is 2.23. The molecular weight excluding hydrogens is 286 g/mol. The van der Waals surface area contributed by atoms with E-state index in [1.165, 1.54) is 5.56 Å². The van der Waals surface area contributed by atoms with Gasteiger partial charge in [-0.3, -0.25) is 0 Å². The molecule has 0 fully saturated rings. The van der Waals surface area contributed by atoms with E-state index in [0.717, 1.165) is 21.7 Å². The summed E-state index contributed by atoms with van der Waals surface area (Å²) in [6, 6.07) is 15.9.